The highest BCUT2D eigenvalue weighted by molar-refractivity contribution is 14.1. The molecule has 3 nitrogen and oxygen atoms in total. The van der Waals surface area contributed by atoms with Crippen LogP contribution in [-0.2, 0) is 11.5 Å². The van der Waals surface area contributed by atoms with Gasteiger partial charge in [0, 0.05) is 23.6 Å². The van der Waals surface area contributed by atoms with Gasteiger partial charge in [0.25, 0.3) is 0 Å². The van der Waals surface area contributed by atoms with E-state index in [0.717, 1.165) is 23.9 Å². The zero-order chi connectivity index (χ0) is 24.1. The van der Waals surface area contributed by atoms with Gasteiger partial charge in [-0.25, -0.2) is 4.68 Å². The van der Waals surface area contributed by atoms with Gasteiger partial charge >= 0.3 is 0 Å². The van der Waals surface area contributed by atoms with Crippen molar-refractivity contribution in [3.8, 4) is 0 Å². The Kier molecular flexibility index (Phi) is 8.06. The molecule has 0 fully saturated rings. The van der Waals surface area contributed by atoms with Crippen molar-refractivity contribution in [1.29, 1.82) is 0 Å². The molecule has 3 aromatic carbocycles. The molecule has 1 heterocycles. The minimum atomic E-state index is -1.09. The summed E-state index contributed by atoms with van der Waals surface area (Å²) in [5, 5.41) is 5.76. The van der Waals surface area contributed by atoms with E-state index in [4.69, 9.17) is 4.74 Å². The summed E-state index contributed by atoms with van der Waals surface area (Å²) in [6, 6.07) is 27.4. The van der Waals surface area contributed by atoms with Gasteiger partial charge in [0.05, 0.1) is 11.7 Å². The van der Waals surface area contributed by atoms with E-state index in [1.807, 2.05) is 10.9 Å². The fourth-order valence-electron chi connectivity index (χ4n) is 4.17. The highest BCUT2D eigenvalue weighted by atomic mass is 127. The average Bonchev–Trinajstić information content (AvgIpc) is 3.23. The fourth-order valence-corrected chi connectivity index (χ4v) is 5.29. The van der Waals surface area contributed by atoms with Crippen LogP contribution in [0.3, 0.4) is 0 Å². The van der Waals surface area contributed by atoms with Gasteiger partial charge in [0.1, 0.15) is 6.73 Å². The van der Waals surface area contributed by atoms with Gasteiger partial charge in [-0.15, -0.1) is 0 Å². The van der Waals surface area contributed by atoms with Gasteiger partial charge in [-0.1, -0.05) is 75.1 Å². The number of ether oxygens (including phenoxy) is 1. The van der Waals surface area contributed by atoms with Gasteiger partial charge in [-0.3, -0.25) is 0 Å². The lowest BCUT2D eigenvalue weighted by atomic mass is 9.88. The number of allylic oxidation sites excluding steroid dienone is 1. The molecule has 0 saturated carbocycles. The molecule has 34 heavy (non-hydrogen) atoms. The third kappa shape index (κ3) is 6.06. The highest BCUT2D eigenvalue weighted by Gasteiger charge is 2.15. The van der Waals surface area contributed by atoms with E-state index in [0.29, 0.717) is 6.73 Å². The summed E-state index contributed by atoms with van der Waals surface area (Å²) >= 11 is 2.37. The molecular weight excluding hydrogens is 547 g/mol. The average molecular weight is 581 g/mol. The Morgan fingerprint density at radius 2 is 1.62 bits per heavy atom. The van der Waals surface area contributed by atoms with Crippen LogP contribution in [0.1, 0.15) is 30.0 Å². The van der Waals surface area contributed by atoms with Crippen LogP contribution >= 0.6 is 22.6 Å². The van der Waals surface area contributed by atoms with Crippen molar-refractivity contribution in [2.45, 2.75) is 45.8 Å². The van der Waals surface area contributed by atoms with Crippen molar-refractivity contribution in [2.75, 3.05) is 6.61 Å². The summed E-state index contributed by atoms with van der Waals surface area (Å²) < 4.78 is 9.17. The molecule has 4 aromatic rings. The van der Waals surface area contributed by atoms with Crippen LogP contribution in [0.2, 0.25) is 25.7 Å². The van der Waals surface area contributed by atoms with Crippen LogP contribution in [0.5, 0.6) is 0 Å². The van der Waals surface area contributed by atoms with E-state index in [1.54, 1.807) is 0 Å². The third-order valence-electron chi connectivity index (χ3n) is 6.05. The molecule has 176 valence electrons. The Bertz CT molecular complexity index is 1270. The van der Waals surface area contributed by atoms with Gasteiger partial charge in [0.15, 0.2) is 0 Å². The Hall–Kier alpha value is -2.22. The van der Waals surface area contributed by atoms with E-state index >= 15 is 0 Å². The minimum absolute atomic E-state index is 0.497. The van der Waals surface area contributed by atoms with Gasteiger partial charge in [-0.2, -0.15) is 5.10 Å². The molecule has 0 N–H and O–H groups in total. The first-order chi connectivity index (χ1) is 16.4. The van der Waals surface area contributed by atoms with Crippen LogP contribution in [0.4, 0.5) is 0 Å². The molecule has 0 aliphatic heterocycles. The van der Waals surface area contributed by atoms with Gasteiger partial charge < -0.3 is 4.74 Å². The molecule has 0 amide bonds. The molecule has 0 spiro atoms. The summed E-state index contributed by atoms with van der Waals surface area (Å²) in [5.41, 5.74) is 7.46. The van der Waals surface area contributed by atoms with Crippen molar-refractivity contribution in [3.63, 3.8) is 0 Å². The highest BCUT2D eigenvalue weighted by Crippen LogP contribution is 2.35. The molecule has 5 heteroatoms. The maximum absolute atomic E-state index is 5.96. The van der Waals surface area contributed by atoms with Crippen LogP contribution in [0.15, 0.2) is 79.0 Å². The first kappa shape index (κ1) is 24.9. The monoisotopic (exact) mass is 580 g/mol. The fraction of sp³-hybridized carbons (Fsp3) is 0.276. The number of benzene rings is 3. The van der Waals surface area contributed by atoms with Gasteiger partial charge in [0.2, 0.25) is 0 Å². The van der Waals surface area contributed by atoms with Gasteiger partial charge in [-0.05, 0) is 87.2 Å². The number of aromatic nitrogens is 2. The van der Waals surface area contributed by atoms with Crippen molar-refractivity contribution in [3.05, 3.63) is 99.3 Å². The zero-order valence-corrected chi connectivity index (χ0v) is 23.7. The number of halogens is 1. The lowest BCUT2D eigenvalue weighted by Gasteiger charge is -2.17. The van der Waals surface area contributed by atoms with Crippen LogP contribution in [0, 0.1) is 3.57 Å². The Morgan fingerprint density at radius 3 is 2.29 bits per heavy atom. The summed E-state index contributed by atoms with van der Waals surface area (Å²) in [4.78, 5) is 0. The summed E-state index contributed by atoms with van der Waals surface area (Å²) in [7, 11) is -1.09. The second kappa shape index (κ2) is 11.0. The minimum Gasteiger partial charge on any atom is -0.360 e. The van der Waals surface area contributed by atoms with Crippen molar-refractivity contribution in [1.82, 2.24) is 9.78 Å². The molecule has 0 atom stereocenters. The second-order valence-corrected chi connectivity index (χ2v) is 16.7. The lowest BCUT2D eigenvalue weighted by molar-refractivity contribution is 0.0817. The van der Waals surface area contributed by atoms with Crippen molar-refractivity contribution < 1.29 is 4.74 Å². The number of nitrogens with zero attached hydrogens (tertiary/aromatic N) is 2. The Labute approximate surface area is 218 Å². The van der Waals surface area contributed by atoms with E-state index in [9.17, 15) is 0 Å². The molecule has 0 aliphatic carbocycles. The maximum Gasteiger partial charge on any atom is 0.139 e. The van der Waals surface area contributed by atoms with Crippen molar-refractivity contribution in [2.24, 2.45) is 0 Å². The number of hydrogen-bond donors (Lipinski definition) is 0. The maximum atomic E-state index is 5.96. The number of fused-ring (bicyclic) bond motifs is 1. The molecule has 0 aliphatic rings. The standard InChI is InChI=1S/C29H33IN2OSi/c1-5-27(22-9-7-6-8-10-22)29(23-11-14-26(30)15-12-23)24-13-16-28-25(19-24)20-31-32(28)21-33-17-18-34(2,3)4/h6-16,19-20H,5,17-18,21H2,1-4H3/b29-27+. The predicted molar refractivity (Wildman–Crippen MR) is 156 cm³/mol. The van der Waals surface area contributed by atoms with Crippen LogP contribution < -0.4 is 0 Å². The third-order valence-corrected chi connectivity index (χ3v) is 8.47. The van der Waals surface area contributed by atoms with E-state index < -0.39 is 8.07 Å². The largest absolute Gasteiger partial charge is 0.360 e. The summed E-state index contributed by atoms with van der Waals surface area (Å²) in [5.74, 6) is 0. The topological polar surface area (TPSA) is 27.1 Å². The summed E-state index contributed by atoms with van der Waals surface area (Å²) in [6.45, 7) is 10.7. The summed E-state index contributed by atoms with van der Waals surface area (Å²) in [6.07, 6.45) is 2.91. The normalized spacial score (nSPS) is 12.7. The van der Waals surface area contributed by atoms with E-state index in [1.165, 1.54) is 37.5 Å². The molecule has 0 saturated heterocycles. The molecule has 0 bridgehead atoms. The molecule has 1 aromatic heterocycles. The number of rotatable bonds is 9. The Morgan fingerprint density at radius 1 is 0.912 bits per heavy atom. The molecule has 4 rings (SSSR count). The van der Waals surface area contributed by atoms with Crippen LogP contribution in [0.25, 0.3) is 22.0 Å². The smallest absolute Gasteiger partial charge is 0.139 e. The zero-order valence-electron chi connectivity index (χ0n) is 20.5. The molecule has 0 radical (unpaired) electrons. The first-order valence-electron chi connectivity index (χ1n) is 11.9. The molecule has 0 unspecified atom stereocenters. The molecular formula is C29H33IN2OSi. The van der Waals surface area contributed by atoms with Crippen LogP contribution in [-0.4, -0.2) is 24.5 Å². The number of hydrogen-bond acceptors (Lipinski definition) is 2. The van der Waals surface area contributed by atoms with Crippen molar-refractivity contribution >= 4 is 52.7 Å². The Balaban J connectivity index is 1.72. The lowest BCUT2D eigenvalue weighted by Crippen LogP contribution is -2.22. The second-order valence-electron chi connectivity index (χ2n) is 9.85. The predicted octanol–water partition coefficient (Wildman–Crippen LogP) is 8.32. The van der Waals surface area contributed by atoms with E-state index in [2.05, 4.69) is 127 Å². The van der Waals surface area contributed by atoms with E-state index in [-0.39, 0.29) is 0 Å². The SMILES string of the molecule is CC/C(=C(/c1ccc(I)cc1)c1ccc2c(cnn2COCC[Si](C)(C)C)c1)c1ccccc1. The quantitative estimate of drug-likeness (QED) is 0.0862. The first-order valence-corrected chi connectivity index (χ1v) is 16.7.